The molecule has 0 spiro atoms. The zero-order valence-corrected chi connectivity index (χ0v) is 9.34. The second-order valence-corrected chi connectivity index (χ2v) is 3.77. The van der Waals surface area contributed by atoms with Crippen LogP contribution in [0.15, 0.2) is 30.6 Å². The van der Waals surface area contributed by atoms with Crippen LogP contribution in [-0.2, 0) is 13.5 Å². The van der Waals surface area contributed by atoms with Crippen LogP contribution in [0.1, 0.15) is 21.7 Å². The van der Waals surface area contributed by atoms with Gasteiger partial charge in [0.15, 0.2) is 5.78 Å². The Morgan fingerprint density at radius 3 is 2.56 bits per heavy atom. The third-order valence-electron chi connectivity index (χ3n) is 2.50. The van der Waals surface area contributed by atoms with Gasteiger partial charge in [0.1, 0.15) is 12.2 Å². The van der Waals surface area contributed by atoms with Gasteiger partial charge in [-0.2, -0.15) is 5.10 Å². The van der Waals surface area contributed by atoms with Gasteiger partial charge in [-0.15, -0.1) is 0 Å². The number of aromatic nitrogens is 3. The summed E-state index contributed by atoms with van der Waals surface area (Å²) in [5, 5.41) is 3.93. The Morgan fingerprint density at radius 1 is 1.31 bits per heavy atom. The zero-order chi connectivity index (χ0) is 11.5. The number of benzene rings is 1. The molecule has 2 rings (SSSR count). The number of nitrogens with zero attached hydrogens (tertiary/aromatic N) is 3. The van der Waals surface area contributed by atoms with Crippen LogP contribution in [0.2, 0.25) is 0 Å². The van der Waals surface area contributed by atoms with Crippen molar-refractivity contribution in [3.8, 4) is 0 Å². The van der Waals surface area contributed by atoms with Crippen molar-refractivity contribution in [2.45, 2.75) is 13.3 Å². The van der Waals surface area contributed by atoms with Gasteiger partial charge in [-0.1, -0.05) is 29.8 Å². The quantitative estimate of drug-likeness (QED) is 0.730. The summed E-state index contributed by atoms with van der Waals surface area (Å²) in [7, 11) is 1.78. The molecule has 4 heteroatoms. The minimum atomic E-state index is 0.0658. The molecule has 2 aromatic rings. The fraction of sp³-hybridized carbons (Fsp3) is 0.250. The van der Waals surface area contributed by atoms with Gasteiger partial charge in [0.05, 0.1) is 6.42 Å². The summed E-state index contributed by atoms with van der Waals surface area (Å²) in [6.07, 6.45) is 1.75. The molecular weight excluding hydrogens is 202 g/mol. The molecule has 0 saturated carbocycles. The molecule has 0 unspecified atom stereocenters. The van der Waals surface area contributed by atoms with Crippen LogP contribution in [0.5, 0.6) is 0 Å². The monoisotopic (exact) mass is 215 g/mol. The maximum absolute atomic E-state index is 11.9. The number of ketones is 1. The van der Waals surface area contributed by atoms with Gasteiger partial charge >= 0.3 is 0 Å². The highest BCUT2D eigenvalue weighted by Crippen LogP contribution is 2.07. The molecule has 0 bridgehead atoms. The average Bonchev–Trinajstić information content (AvgIpc) is 2.65. The van der Waals surface area contributed by atoms with E-state index in [1.165, 1.54) is 6.33 Å². The number of carbonyl (C=O) groups is 1. The molecule has 4 nitrogen and oxygen atoms in total. The molecule has 0 aliphatic carbocycles. The summed E-state index contributed by atoms with van der Waals surface area (Å²) in [6, 6.07) is 7.55. The molecule has 16 heavy (non-hydrogen) atoms. The van der Waals surface area contributed by atoms with E-state index >= 15 is 0 Å². The van der Waals surface area contributed by atoms with Gasteiger partial charge in [-0.05, 0) is 6.92 Å². The second-order valence-electron chi connectivity index (χ2n) is 3.77. The highest BCUT2D eigenvalue weighted by atomic mass is 16.1. The Kier molecular flexibility index (Phi) is 2.81. The maximum atomic E-state index is 11.9. The molecule has 0 atom stereocenters. The van der Waals surface area contributed by atoms with Crippen molar-refractivity contribution >= 4 is 5.78 Å². The van der Waals surface area contributed by atoms with Crippen LogP contribution in [0.3, 0.4) is 0 Å². The Hall–Kier alpha value is -1.97. The third-order valence-corrected chi connectivity index (χ3v) is 2.50. The van der Waals surface area contributed by atoms with Crippen molar-refractivity contribution in [3.63, 3.8) is 0 Å². The third kappa shape index (κ3) is 2.16. The molecular formula is C12H13N3O. The van der Waals surface area contributed by atoms with Crippen LogP contribution in [0.4, 0.5) is 0 Å². The summed E-state index contributed by atoms with van der Waals surface area (Å²) >= 11 is 0. The highest BCUT2D eigenvalue weighted by molar-refractivity contribution is 5.97. The van der Waals surface area contributed by atoms with Gasteiger partial charge < -0.3 is 0 Å². The van der Waals surface area contributed by atoms with E-state index in [4.69, 9.17) is 0 Å². The molecule has 1 aromatic heterocycles. The van der Waals surface area contributed by atoms with E-state index < -0.39 is 0 Å². The number of Topliss-reactive ketones (excluding diaryl/α,β-unsaturated/α-hetero) is 1. The van der Waals surface area contributed by atoms with Crippen molar-refractivity contribution < 1.29 is 4.79 Å². The zero-order valence-electron chi connectivity index (χ0n) is 9.34. The summed E-state index contributed by atoms with van der Waals surface area (Å²) in [6.45, 7) is 2.00. The van der Waals surface area contributed by atoms with Crippen molar-refractivity contribution in [3.05, 3.63) is 47.5 Å². The largest absolute Gasteiger partial charge is 0.294 e. The Balaban J connectivity index is 2.15. The lowest BCUT2D eigenvalue weighted by Crippen LogP contribution is -2.08. The van der Waals surface area contributed by atoms with Gasteiger partial charge in [0.25, 0.3) is 0 Å². The SMILES string of the molecule is Cc1ccc(C(=O)Cc2ncnn2C)cc1. The molecule has 0 amide bonds. The number of aryl methyl sites for hydroxylation is 2. The number of hydrogen-bond acceptors (Lipinski definition) is 3. The summed E-state index contributed by atoms with van der Waals surface area (Å²) in [4.78, 5) is 15.9. The molecule has 0 fully saturated rings. The first-order valence-electron chi connectivity index (χ1n) is 5.09. The summed E-state index contributed by atoms with van der Waals surface area (Å²) < 4.78 is 1.62. The van der Waals surface area contributed by atoms with E-state index in [1.807, 2.05) is 31.2 Å². The van der Waals surface area contributed by atoms with Crippen LogP contribution in [0.25, 0.3) is 0 Å². The van der Waals surface area contributed by atoms with Gasteiger partial charge in [-0.3, -0.25) is 9.48 Å². The van der Waals surface area contributed by atoms with E-state index in [9.17, 15) is 4.79 Å². The van der Waals surface area contributed by atoms with E-state index in [-0.39, 0.29) is 5.78 Å². The molecule has 0 radical (unpaired) electrons. The van der Waals surface area contributed by atoms with E-state index in [2.05, 4.69) is 10.1 Å². The lowest BCUT2D eigenvalue weighted by Gasteiger charge is -2.01. The first kappa shape index (κ1) is 10.5. The Labute approximate surface area is 93.9 Å². The van der Waals surface area contributed by atoms with Gasteiger partial charge in [-0.25, -0.2) is 4.98 Å². The van der Waals surface area contributed by atoms with Crippen LogP contribution < -0.4 is 0 Å². The molecule has 82 valence electrons. The first-order valence-corrected chi connectivity index (χ1v) is 5.09. The topological polar surface area (TPSA) is 47.8 Å². The maximum Gasteiger partial charge on any atom is 0.170 e. The summed E-state index contributed by atoms with van der Waals surface area (Å²) in [5.41, 5.74) is 1.86. The van der Waals surface area contributed by atoms with Crippen molar-refractivity contribution in [1.82, 2.24) is 14.8 Å². The van der Waals surface area contributed by atoms with Crippen molar-refractivity contribution in [1.29, 1.82) is 0 Å². The lowest BCUT2D eigenvalue weighted by atomic mass is 10.1. The normalized spacial score (nSPS) is 10.4. The molecule has 0 N–H and O–H groups in total. The molecule has 1 heterocycles. The lowest BCUT2D eigenvalue weighted by molar-refractivity contribution is 0.0989. The average molecular weight is 215 g/mol. The second kappa shape index (κ2) is 4.26. The summed E-state index contributed by atoms with van der Waals surface area (Å²) in [5.74, 6) is 0.752. The predicted molar refractivity (Wildman–Crippen MR) is 60.2 cm³/mol. The molecule has 0 saturated heterocycles. The molecule has 0 aliphatic heterocycles. The minimum Gasteiger partial charge on any atom is -0.294 e. The Bertz CT molecular complexity index is 499. The van der Waals surface area contributed by atoms with E-state index in [1.54, 1.807) is 11.7 Å². The van der Waals surface area contributed by atoms with Gasteiger partial charge in [0.2, 0.25) is 0 Å². The fourth-order valence-electron chi connectivity index (χ4n) is 1.47. The van der Waals surface area contributed by atoms with Gasteiger partial charge in [0, 0.05) is 12.6 Å². The van der Waals surface area contributed by atoms with Crippen molar-refractivity contribution in [2.75, 3.05) is 0 Å². The Morgan fingerprint density at radius 2 is 2.00 bits per heavy atom. The smallest absolute Gasteiger partial charge is 0.170 e. The van der Waals surface area contributed by atoms with Crippen LogP contribution in [-0.4, -0.2) is 20.5 Å². The number of carbonyl (C=O) groups excluding carboxylic acids is 1. The molecule has 1 aromatic carbocycles. The standard InChI is InChI=1S/C12H13N3O/c1-9-3-5-10(6-4-9)11(16)7-12-13-8-14-15(12)2/h3-6,8H,7H2,1-2H3. The fourth-order valence-corrected chi connectivity index (χ4v) is 1.47. The van der Waals surface area contributed by atoms with Crippen LogP contribution >= 0.6 is 0 Å². The number of hydrogen-bond donors (Lipinski definition) is 0. The van der Waals surface area contributed by atoms with Crippen LogP contribution in [0, 0.1) is 6.92 Å². The molecule has 0 aliphatic rings. The first-order chi connectivity index (χ1) is 7.66. The predicted octanol–water partition coefficient (Wildman–Crippen LogP) is 1.55. The van der Waals surface area contributed by atoms with E-state index in [0.717, 1.165) is 5.56 Å². The number of rotatable bonds is 3. The minimum absolute atomic E-state index is 0.0658. The van der Waals surface area contributed by atoms with Crippen molar-refractivity contribution in [2.24, 2.45) is 7.05 Å². The highest BCUT2D eigenvalue weighted by Gasteiger charge is 2.10. The van der Waals surface area contributed by atoms with E-state index in [0.29, 0.717) is 17.8 Å².